The largest absolute Gasteiger partial charge is 0.459 e. The molecule has 0 atom stereocenters. The molecule has 0 radical (unpaired) electrons. The first kappa shape index (κ1) is 20.2. The molecule has 0 saturated carbocycles. The summed E-state index contributed by atoms with van der Waals surface area (Å²) in [6.45, 7) is 7.59. The molecule has 0 aliphatic heterocycles. The van der Waals surface area contributed by atoms with Gasteiger partial charge < -0.3 is 10.1 Å². The minimum absolute atomic E-state index is 0.106. The summed E-state index contributed by atoms with van der Waals surface area (Å²) in [7, 11) is 0. The van der Waals surface area contributed by atoms with Crippen molar-refractivity contribution in [3.05, 3.63) is 53.6 Å². The van der Waals surface area contributed by atoms with E-state index in [4.69, 9.17) is 4.74 Å². The Bertz CT molecular complexity index is 1310. The molecule has 0 aliphatic carbocycles. The molecular formula is C21H21N7O3. The smallest absolute Gasteiger partial charge is 0.397 e. The van der Waals surface area contributed by atoms with Crippen LogP contribution >= 0.6 is 0 Å². The number of anilines is 1. The summed E-state index contributed by atoms with van der Waals surface area (Å²) in [4.78, 5) is 32.6. The highest BCUT2D eigenvalue weighted by Crippen LogP contribution is 2.24. The number of amides is 1. The predicted molar refractivity (Wildman–Crippen MR) is 113 cm³/mol. The fraction of sp³-hybridized carbons (Fsp3) is 0.238. The first-order chi connectivity index (χ1) is 14.9. The van der Waals surface area contributed by atoms with E-state index in [9.17, 15) is 9.59 Å². The molecular weight excluding hydrogens is 398 g/mol. The second kappa shape index (κ2) is 7.98. The molecule has 1 aromatic carbocycles. The van der Waals surface area contributed by atoms with Crippen LogP contribution in [0.25, 0.3) is 22.5 Å². The number of aromatic nitrogens is 6. The highest BCUT2D eigenvalue weighted by atomic mass is 16.5. The van der Waals surface area contributed by atoms with Gasteiger partial charge in [0.15, 0.2) is 11.5 Å². The molecule has 1 amide bonds. The molecule has 10 nitrogen and oxygen atoms in total. The standard InChI is InChI=1S/C21H21N7O3/c1-5-31-21(30)20(29)25-17-9-14(4)26-28(17)19-16-10-24-27(18(16)22-11-23-19)15-7-6-12(2)13(3)8-15/h6-11H,5H2,1-4H3,(H,25,29). The number of carbonyl (C=O) groups is 2. The van der Waals surface area contributed by atoms with E-state index in [-0.39, 0.29) is 12.4 Å². The van der Waals surface area contributed by atoms with Gasteiger partial charge in [0.25, 0.3) is 0 Å². The van der Waals surface area contributed by atoms with E-state index < -0.39 is 11.9 Å². The van der Waals surface area contributed by atoms with E-state index >= 15 is 0 Å². The molecule has 3 aromatic heterocycles. The lowest BCUT2D eigenvalue weighted by atomic mass is 10.1. The van der Waals surface area contributed by atoms with Crippen LogP contribution in [0, 0.1) is 20.8 Å². The monoisotopic (exact) mass is 419 g/mol. The number of ether oxygens (including phenoxy) is 1. The van der Waals surface area contributed by atoms with Crippen molar-refractivity contribution in [3.8, 4) is 11.5 Å². The zero-order valence-electron chi connectivity index (χ0n) is 17.6. The van der Waals surface area contributed by atoms with E-state index in [1.807, 2.05) is 32.0 Å². The summed E-state index contributed by atoms with van der Waals surface area (Å²) in [6, 6.07) is 7.67. The normalized spacial score (nSPS) is 11.0. The van der Waals surface area contributed by atoms with Crippen molar-refractivity contribution in [2.75, 3.05) is 11.9 Å². The number of rotatable bonds is 4. The van der Waals surface area contributed by atoms with Crippen molar-refractivity contribution < 1.29 is 14.3 Å². The van der Waals surface area contributed by atoms with Crippen LogP contribution in [0.2, 0.25) is 0 Å². The number of benzene rings is 1. The van der Waals surface area contributed by atoms with Crippen molar-refractivity contribution in [2.24, 2.45) is 0 Å². The zero-order chi connectivity index (χ0) is 22.1. The molecule has 0 unspecified atom stereocenters. The van der Waals surface area contributed by atoms with Gasteiger partial charge in [-0.15, -0.1) is 0 Å². The molecule has 158 valence electrons. The van der Waals surface area contributed by atoms with Crippen LogP contribution in [0.3, 0.4) is 0 Å². The fourth-order valence-electron chi connectivity index (χ4n) is 3.16. The van der Waals surface area contributed by atoms with E-state index in [2.05, 4.69) is 25.5 Å². The van der Waals surface area contributed by atoms with E-state index in [1.54, 1.807) is 30.8 Å². The molecule has 4 rings (SSSR count). The third kappa shape index (κ3) is 3.75. The van der Waals surface area contributed by atoms with E-state index in [0.717, 1.165) is 11.3 Å². The van der Waals surface area contributed by atoms with Gasteiger partial charge in [0, 0.05) is 6.07 Å². The van der Waals surface area contributed by atoms with Crippen LogP contribution in [-0.4, -0.2) is 48.0 Å². The van der Waals surface area contributed by atoms with Crippen molar-refractivity contribution in [1.29, 1.82) is 0 Å². The van der Waals surface area contributed by atoms with Gasteiger partial charge in [0.1, 0.15) is 12.1 Å². The summed E-state index contributed by atoms with van der Waals surface area (Å²) in [6.07, 6.45) is 3.05. The molecule has 10 heteroatoms. The van der Waals surface area contributed by atoms with Crippen molar-refractivity contribution in [1.82, 2.24) is 29.5 Å². The number of fused-ring (bicyclic) bond motifs is 1. The number of hydrogen-bond acceptors (Lipinski definition) is 7. The van der Waals surface area contributed by atoms with E-state index in [0.29, 0.717) is 22.5 Å². The number of esters is 1. The van der Waals surface area contributed by atoms with E-state index in [1.165, 1.54) is 16.6 Å². The van der Waals surface area contributed by atoms with Gasteiger partial charge in [-0.05, 0) is 51.0 Å². The maximum absolute atomic E-state index is 12.1. The topological polar surface area (TPSA) is 117 Å². The minimum atomic E-state index is -0.969. The lowest BCUT2D eigenvalue weighted by Gasteiger charge is -2.09. The van der Waals surface area contributed by atoms with Gasteiger partial charge in [-0.1, -0.05) is 6.07 Å². The second-order valence-corrected chi connectivity index (χ2v) is 7.02. The molecule has 0 bridgehead atoms. The van der Waals surface area contributed by atoms with Crippen molar-refractivity contribution in [3.63, 3.8) is 0 Å². The number of nitrogens with one attached hydrogen (secondary N) is 1. The summed E-state index contributed by atoms with van der Waals surface area (Å²) in [5, 5.41) is 12.1. The van der Waals surface area contributed by atoms with Crippen LogP contribution in [0.15, 0.2) is 36.8 Å². The van der Waals surface area contributed by atoms with Crippen molar-refractivity contribution >= 4 is 28.7 Å². The first-order valence-corrected chi connectivity index (χ1v) is 9.70. The van der Waals surface area contributed by atoms with Gasteiger partial charge >= 0.3 is 11.9 Å². The fourth-order valence-corrected chi connectivity index (χ4v) is 3.16. The number of nitrogens with zero attached hydrogens (tertiary/aromatic N) is 6. The average Bonchev–Trinajstić information content (AvgIpc) is 3.33. The Morgan fingerprint density at radius 2 is 1.87 bits per heavy atom. The third-order valence-electron chi connectivity index (χ3n) is 4.81. The van der Waals surface area contributed by atoms with Gasteiger partial charge in [-0.25, -0.2) is 19.4 Å². The van der Waals surface area contributed by atoms with Crippen LogP contribution < -0.4 is 5.32 Å². The Hall–Kier alpha value is -4.08. The van der Waals surface area contributed by atoms with Crippen molar-refractivity contribution in [2.45, 2.75) is 27.7 Å². The summed E-state index contributed by atoms with van der Waals surface area (Å²) < 4.78 is 7.92. The molecule has 1 N–H and O–H groups in total. The van der Waals surface area contributed by atoms with Gasteiger partial charge in [0.05, 0.1) is 29.6 Å². The number of aryl methyl sites for hydroxylation is 3. The highest BCUT2D eigenvalue weighted by Gasteiger charge is 2.21. The molecule has 0 spiro atoms. The Morgan fingerprint density at radius 3 is 2.61 bits per heavy atom. The molecule has 31 heavy (non-hydrogen) atoms. The summed E-state index contributed by atoms with van der Waals surface area (Å²) in [5.74, 6) is -1.15. The SMILES string of the molecule is CCOC(=O)C(=O)Nc1cc(C)nn1-c1ncnc2c1cnn2-c1ccc(C)c(C)c1. The molecule has 0 saturated heterocycles. The summed E-state index contributed by atoms with van der Waals surface area (Å²) >= 11 is 0. The Balaban J connectivity index is 1.78. The van der Waals surface area contributed by atoms with Gasteiger partial charge in [0.2, 0.25) is 0 Å². The average molecular weight is 419 g/mol. The summed E-state index contributed by atoms with van der Waals surface area (Å²) in [5.41, 5.74) is 4.42. The maximum Gasteiger partial charge on any atom is 0.397 e. The quantitative estimate of drug-likeness (QED) is 0.399. The highest BCUT2D eigenvalue weighted by molar-refractivity contribution is 6.37. The molecule has 3 heterocycles. The van der Waals surface area contributed by atoms with Crippen LogP contribution in [-0.2, 0) is 14.3 Å². The minimum Gasteiger partial charge on any atom is -0.459 e. The maximum atomic E-state index is 12.1. The van der Waals surface area contributed by atoms with Crippen LogP contribution in [0.5, 0.6) is 0 Å². The third-order valence-corrected chi connectivity index (χ3v) is 4.81. The van der Waals surface area contributed by atoms with Gasteiger partial charge in [-0.3, -0.25) is 4.79 Å². The molecule has 0 fully saturated rings. The first-order valence-electron chi connectivity index (χ1n) is 9.70. The van der Waals surface area contributed by atoms with Gasteiger partial charge in [-0.2, -0.15) is 14.9 Å². The van der Waals surface area contributed by atoms with Crippen LogP contribution in [0.4, 0.5) is 5.82 Å². The predicted octanol–water partition coefficient (Wildman–Crippen LogP) is 2.43. The lowest BCUT2D eigenvalue weighted by molar-refractivity contribution is -0.152. The second-order valence-electron chi connectivity index (χ2n) is 7.02. The number of carbonyl (C=O) groups excluding carboxylic acids is 2. The lowest BCUT2D eigenvalue weighted by Crippen LogP contribution is -2.26. The Labute approximate surface area is 177 Å². The Kier molecular flexibility index (Phi) is 5.20. The molecule has 0 aliphatic rings. The number of hydrogen-bond donors (Lipinski definition) is 1. The Morgan fingerprint density at radius 1 is 1.06 bits per heavy atom. The zero-order valence-corrected chi connectivity index (χ0v) is 17.6. The molecule has 4 aromatic rings. The van der Waals surface area contributed by atoms with Crippen LogP contribution in [0.1, 0.15) is 23.7 Å².